The quantitative estimate of drug-likeness (QED) is 0.122. The number of rotatable bonds is 17. The maximum absolute atomic E-state index is 9.97. The molecule has 0 saturated heterocycles. The maximum atomic E-state index is 9.97. The highest BCUT2D eigenvalue weighted by atomic mass is 16.7. The van der Waals surface area contributed by atoms with Crippen molar-refractivity contribution in [2.75, 3.05) is 52.9 Å². The smallest absolute Gasteiger partial charge is 0.181 e. The summed E-state index contributed by atoms with van der Waals surface area (Å²) in [6, 6.07) is 0. The van der Waals surface area contributed by atoms with E-state index in [1.54, 1.807) is 13.8 Å². The molecule has 0 aromatic rings. The monoisotopic (exact) mass is 402 g/mol. The zero-order valence-electron chi connectivity index (χ0n) is 15.8. The molecule has 164 valence electrons. The van der Waals surface area contributed by atoms with Crippen molar-refractivity contribution in [2.24, 2.45) is 5.41 Å². The van der Waals surface area contributed by atoms with Gasteiger partial charge in [0, 0.05) is 5.41 Å². The molecule has 0 aliphatic rings. The van der Waals surface area contributed by atoms with Crippen molar-refractivity contribution in [3.8, 4) is 0 Å². The lowest BCUT2D eigenvalue weighted by atomic mass is 9.88. The lowest BCUT2D eigenvalue weighted by Gasteiger charge is -2.30. The van der Waals surface area contributed by atoms with Crippen LogP contribution in [0, 0.1) is 5.41 Å². The maximum Gasteiger partial charge on any atom is 0.181 e. The number of hydrogen-bond acceptors (Lipinski definition) is 11. The number of aliphatic hydroxyl groups excluding tert-OH is 7. The second-order valence-electron chi connectivity index (χ2n) is 6.62. The van der Waals surface area contributed by atoms with Gasteiger partial charge in [-0.1, -0.05) is 13.8 Å². The van der Waals surface area contributed by atoms with Crippen LogP contribution in [0.2, 0.25) is 0 Å². The van der Waals surface area contributed by atoms with Crippen LogP contribution >= 0.6 is 0 Å². The van der Waals surface area contributed by atoms with E-state index in [1.165, 1.54) is 0 Å². The van der Waals surface area contributed by atoms with Gasteiger partial charge in [0.2, 0.25) is 0 Å². The van der Waals surface area contributed by atoms with Crippen LogP contribution in [-0.2, 0) is 18.9 Å². The minimum absolute atomic E-state index is 0.213. The summed E-state index contributed by atoms with van der Waals surface area (Å²) in [5, 5.41) is 65.0. The molecular formula is C16H34O11. The SMILES string of the molecule is CC(C)(CO)C(O)COC(CO)OC(CO)COC(CO)OC(CO)CO. The van der Waals surface area contributed by atoms with Crippen LogP contribution < -0.4 is 0 Å². The van der Waals surface area contributed by atoms with E-state index in [2.05, 4.69) is 0 Å². The Kier molecular flexibility index (Phi) is 14.3. The Balaban J connectivity index is 4.48. The highest BCUT2D eigenvalue weighted by Gasteiger charge is 2.29. The highest BCUT2D eigenvalue weighted by Crippen LogP contribution is 2.20. The third-order valence-electron chi connectivity index (χ3n) is 3.82. The number of aliphatic hydroxyl groups is 7. The molecule has 0 aromatic heterocycles. The molecule has 0 amide bonds. The van der Waals surface area contributed by atoms with Gasteiger partial charge in [-0.2, -0.15) is 0 Å². The Morgan fingerprint density at radius 1 is 0.667 bits per heavy atom. The number of hydrogen-bond donors (Lipinski definition) is 7. The molecule has 4 atom stereocenters. The summed E-state index contributed by atoms with van der Waals surface area (Å²) < 4.78 is 20.9. The van der Waals surface area contributed by atoms with Gasteiger partial charge in [-0.3, -0.25) is 0 Å². The Bertz CT molecular complexity index is 351. The molecule has 0 aliphatic carbocycles. The first-order valence-corrected chi connectivity index (χ1v) is 8.65. The van der Waals surface area contributed by atoms with E-state index >= 15 is 0 Å². The van der Waals surface area contributed by atoms with Crippen LogP contribution in [0.25, 0.3) is 0 Å². The van der Waals surface area contributed by atoms with E-state index in [1.807, 2.05) is 0 Å². The summed E-state index contributed by atoms with van der Waals surface area (Å²) in [6.45, 7) is 0.0170. The van der Waals surface area contributed by atoms with Gasteiger partial charge in [0.05, 0.1) is 59.0 Å². The fourth-order valence-corrected chi connectivity index (χ4v) is 1.72. The molecule has 0 heterocycles. The molecule has 0 spiro atoms. The third kappa shape index (κ3) is 10.6. The van der Waals surface area contributed by atoms with Gasteiger partial charge in [-0.25, -0.2) is 0 Å². The zero-order chi connectivity index (χ0) is 20.9. The van der Waals surface area contributed by atoms with E-state index in [4.69, 9.17) is 29.2 Å². The molecular weight excluding hydrogens is 368 g/mol. The molecule has 0 aliphatic heterocycles. The van der Waals surface area contributed by atoms with Crippen molar-refractivity contribution in [1.82, 2.24) is 0 Å². The third-order valence-corrected chi connectivity index (χ3v) is 3.82. The average molecular weight is 402 g/mol. The normalized spacial score (nSPS) is 17.1. The van der Waals surface area contributed by atoms with Gasteiger partial charge in [-0.15, -0.1) is 0 Å². The van der Waals surface area contributed by atoms with Gasteiger partial charge in [0.1, 0.15) is 12.2 Å². The molecule has 0 fully saturated rings. The van der Waals surface area contributed by atoms with Crippen molar-refractivity contribution in [3.05, 3.63) is 0 Å². The molecule has 0 rings (SSSR count). The van der Waals surface area contributed by atoms with Gasteiger partial charge in [-0.05, 0) is 0 Å². The van der Waals surface area contributed by atoms with Crippen molar-refractivity contribution >= 4 is 0 Å². The summed E-state index contributed by atoms with van der Waals surface area (Å²) >= 11 is 0. The second kappa shape index (κ2) is 14.5. The highest BCUT2D eigenvalue weighted by molar-refractivity contribution is 4.76. The molecule has 27 heavy (non-hydrogen) atoms. The van der Waals surface area contributed by atoms with E-state index < -0.39 is 69.3 Å². The van der Waals surface area contributed by atoms with Gasteiger partial charge in [0.25, 0.3) is 0 Å². The predicted molar refractivity (Wildman–Crippen MR) is 91.5 cm³/mol. The lowest BCUT2D eigenvalue weighted by molar-refractivity contribution is -0.245. The summed E-state index contributed by atoms with van der Waals surface area (Å²) in [5.74, 6) is 0. The van der Waals surface area contributed by atoms with Crippen molar-refractivity contribution in [2.45, 2.75) is 44.7 Å². The minimum atomic E-state index is -1.16. The summed E-state index contributed by atoms with van der Waals surface area (Å²) in [5.41, 5.74) is -0.804. The predicted octanol–water partition coefficient (Wildman–Crippen LogP) is -3.22. The fraction of sp³-hybridized carbons (Fsp3) is 1.00. The van der Waals surface area contributed by atoms with Crippen LogP contribution in [0.3, 0.4) is 0 Å². The summed E-state index contributed by atoms with van der Waals surface area (Å²) in [7, 11) is 0. The minimum Gasteiger partial charge on any atom is -0.396 e. The van der Waals surface area contributed by atoms with Crippen LogP contribution in [0.4, 0.5) is 0 Å². The first kappa shape index (κ1) is 26.6. The van der Waals surface area contributed by atoms with Gasteiger partial charge < -0.3 is 54.7 Å². The van der Waals surface area contributed by atoms with Gasteiger partial charge in [0.15, 0.2) is 12.6 Å². The van der Waals surface area contributed by atoms with Crippen molar-refractivity contribution in [1.29, 1.82) is 0 Å². The van der Waals surface area contributed by atoms with Crippen molar-refractivity contribution < 1.29 is 54.7 Å². The molecule has 0 saturated carbocycles. The van der Waals surface area contributed by atoms with Crippen LogP contribution in [0.5, 0.6) is 0 Å². The summed E-state index contributed by atoms with van der Waals surface area (Å²) in [6.07, 6.45) is -5.20. The molecule has 11 heteroatoms. The van der Waals surface area contributed by atoms with Crippen molar-refractivity contribution in [3.63, 3.8) is 0 Å². The Morgan fingerprint density at radius 3 is 1.52 bits per heavy atom. The van der Waals surface area contributed by atoms with Crippen LogP contribution in [0.1, 0.15) is 13.8 Å². The van der Waals surface area contributed by atoms with E-state index in [0.717, 1.165) is 0 Å². The molecule has 0 aromatic carbocycles. The largest absolute Gasteiger partial charge is 0.396 e. The lowest BCUT2D eigenvalue weighted by Crippen LogP contribution is -2.41. The van der Waals surface area contributed by atoms with E-state index in [0.29, 0.717) is 0 Å². The molecule has 4 unspecified atom stereocenters. The summed E-state index contributed by atoms with van der Waals surface area (Å²) in [4.78, 5) is 0. The Labute approximate surface area is 158 Å². The first-order valence-electron chi connectivity index (χ1n) is 8.65. The first-order chi connectivity index (χ1) is 12.8. The molecule has 11 nitrogen and oxygen atoms in total. The average Bonchev–Trinajstić information content (AvgIpc) is 2.69. The molecule has 0 bridgehead atoms. The van der Waals surface area contributed by atoms with E-state index in [9.17, 15) is 25.5 Å². The topological polar surface area (TPSA) is 179 Å². The Hall–Kier alpha value is -0.440. The Morgan fingerprint density at radius 2 is 1.11 bits per heavy atom. The second-order valence-corrected chi connectivity index (χ2v) is 6.62. The molecule has 0 radical (unpaired) electrons. The standard InChI is InChI=1S/C16H34O11/c1-16(2,10-22)13(23)9-25-15(7-21)27-12(5-19)8-24-14(6-20)26-11(3-17)4-18/h11-15,17-23H,3-10H2,1-2H3. The van der Waals surface area contributed by atoms with Crippen LogP contribution in [0.15, 0.2) is 0 Å². The number of ether oxygens (including phenoxy) is 4. The zero-order valence-corrected chi connectivity index (χ0v) is 15.8. The van der Waals surface area contributed by atoms with Crippen LogP contribution in [-0.4, -0.2) is 119 Å². The molecule has 7 N–H and O–H groups in total. The van der Waals surface area contributed by atoms with Gasteiger partial charge >= 0.3 is 0 Å². The fourth-order valence-electron chi connectivity index (χ4n) is 1.72. The van der Waals surface area contributed by atoms with E-state index in [-0.39, 0.29) is 19.8 Å².